The van der Waals surface area contributed by atoms with Gasteiger partial charge in [0.2, 0.25) is 0 Å². The second-order valence-corrected chi connectivity index (χ2v) is 5.70. The first kappa shape index (κ1) is 16.3. The number of halogens is 1. The summed E-state index contributed by atoms with van der Waals surface area (Å²) >= 11 is 0. The van der Waals surface area contributed by atoms with Crippen LogP contribution in [0, 0.1) is 5.82 Å². The molecule has 0 bridgehead atoms. The Labute approximate surface area is 140 Å². The van der Waals surface area contributed by atoms with Gasteiger partial charge in [0.25, 0.3) is 0 Å². The molecule has 0 unspecified atom stereocenters. The highest BCUT2D eigenvalue weighted by Crippen LogP contribution is 2.36. The number of esters is 1. The maximum Gasteiger partial charge on any atom is 0.307 e. The summed E-state index contributed by atoms with van der Waals surface area (Å²) in [6, 6.07) is 14.3. The van der Waals surface area contributed by atoms with Crippen LogP contribution >= 0.6 is 0 Å². The molecule has 2 aromatic carbocycles. The zero-order valence-corrected chi connectivity index (χ0v) is 13.6. The molecular weight excluding hydrogens is 309 g/mol. The summed E-state index contributed by atoms with van der Waals surface area (Å²) in [4.78, 5) is 14.0. The van der Waals surface area contributed by atoms with Gasteiger partial charge in [-0.15, -0.1) is 0 Å². The van der Waals surface area contributed by atoms with Crippen LogP contribution in [0.2, 0.25) is 0 Å². The van der Waals surface area contributed by atoms with Gasteiger partial charge >= 0.3 is 5.97 Å². The fourth-order valence-corrected chi connectivity index (χ4v) is 2.89. The molecule has 0 aromatic heterocycles. The highest BCUT2D eigenvalue weighted by Gasteiger charge is 2.30. The monoisotopic (exact) mass is 329 g/mol. The van der Waals surface area contributed by atoms with Crippen molar-refractivity contribution < 1.29 is 18.7 Å². The normalized spacial score (nSPS) is 16.2. The predicted molar refractivity (Wildman–Crippen MR) is 89.6 cm³/mol. The van der Waals surface area contributed by atoms with Crippen molar-refractivity contribution in [1.29, 1.82) is 0 Å². The van der Waals surface area contributed by atoms with E-state index in [1.165, 1.54) is 12.1 Å². The molecule has 0 N–H and O–H groups in total. The fraction of sp³-hybridized carbons (Fsp3) is 0.316. The molecule has 0 aliphatic carbocycles. The van der Waals surface area contributed by atoms with Crippen molar-refractivity contribution in [2.45, 2.75) is 25.9 Å². The van der Waals surface area contributed by atoms with E-state index >= 15 is 0 Å². The average Bonchev–Trinajstić information content (AvgIpc) is 2.58. The number of hydrogen-bond acceptors (Lipinski definition) is 4. The Kier molecular flexibility index (Phi) is 4.99. The minimum absolute atomic E-state index is 0.151. The molecule has 1 aliphatic heterocycles. The molecule has 5 heteroatoms. The summed E-state index contributed by atoms with van der Waals surface area (Å²) < 4.78 is 24.2. The smallest absolute Gasteiger partial charge is 0.307 e. The Morgan fingerprint density at radius 3 is 2.83 bits per heavy atom. The summed E-state index contributed by atoms with van der Waals surface area (Å²) in [5.41, 5.74) is 1.91. The molecule has 1 atom stereocenters. The van der Waals surface area contributed by atoms with Gasteiger partial charge in [0.15, 0.2) is 0 Å². The zero-order chi connectivity index (χ0) is 16.9. The summed E-state index contributed by atoms with van der Waals surface area (Å²) in [6.07, 6.45) is 0.234. The van der Waals surface area contributed by atoms with Gasteiger partial charge in [-0.25, -0.2) is 4.39 Å². The van der Waals surface area contributed by atoms with Crippen LogP contribution in [0.15, 0.2) is 48.5 Å². The van der Waals surface area contributed by atoms with Gasteiger partial charge in [0, 0.05) is 12.6 Å². The third-order valence-corrected chi connectivity index (χ3v) is 4.01. The highest BCUT2D eigenvalue weighted by atomic mass is 19.1. The third-order valence-electron chi connectivity index (χ3n) is 4.01. The molecule has 0 saturated heterocycles. The molecule has 0 fully saturated rings. The van der Waals surface area contributed by atoms with Crippen LogP contribution in [-0.2, 0) is 16.1 Å². The van der Waals surface area contributed by atoms with Crippen LogP contribution in [0.4, 0.5) is 10.1 Å². The number of hydrogen-bond donors (Lipinski definition) is 0. The lowest BCUT2D eigenvalue weighted by molar-refractivity contribution is -0.143. The topological polar surface area (TPSA) is 38.8 Å². The number of carbonyl (C=O) groups excluding carboxylic acids is 1. The lowest BCUT2D eigenvalue weighted by Gasteiger charge is -2.38. The SMILES string of the molecule is CCOC(=O)C[C@@H]1COc2cc(F)ccc2N1Cc1ccccc1. The van der Waals surface area contributed by atoms with Gasteiger partial charge < -0.3 is 14.4 Å². The molecule has 1 heterocycles. The highest BCUT2D eigenvalue weighted by molar-refractivity contribution is 5.72. The Morgan fingerprint density at radius 2 is 2.08 bits per heavy atom. The maximum absolute atomic E-state index is 13.5. The van der Waals surface area contributed by atoms with Crippen LogP contribution in [-0.4, -0.2) is 25.2 Å². The van der Waals surface area contributed by atoms with Crippen molar-refractivity contribution in [2.24, 2.45) is 0 Å². The van der Waals surface area contributed by atoms with E-state index in [0.29, 0.717) is 25.5 Å². The summed E-state index contributed by atoms with van der Waals surface area (Å²) in [5.74, 6) is -0.0852. The Hall–Kier alpha value is -2.56. The number of nitrogens with zero attached hydrogens (tertiary/aromatic N) is 1. The number of fused-ring (bicyclic) bond motifs is 1. The van der Waals surface area contributed by atoms with Crippen LogP contribution in [0.5, 0.6) is 5.75 Å². The summed E-state index contributed by atoms with van der Waals surface area (Å²) in [5, 5.41) is 0. The minimum Gasteiger partial charge on any atom is -0.489 e. The third kappa shape index (κ3) is 3.67. The predicted octanol–water partition coefficient (Wildman–Crippen LogP) is 3.55. The van der Waals surface area contributed by atoms with Gasteiger partial charge in [0.1, 0.15) is 18.2 Å². The largest absolute Gasteiger partial charge is 0.489 e. The first-order valence-electron chi connectivity index (χ1n) is 8.06. The lowest BCUT2D eigenvalue weighted by atomic mass is 10.1. The van der Waals surface area contributed by atoms with Gasteiger partial charge in [-0.1, -0.05) is 30.3 Å². The van der Waals surface area contributed by atoms with Crippen molar-refractivity contribution in [3.8, 4) is 5.75 Å². The fourth-order valence-electron chi connectivity index (χ4n) is 2.89. The Morgan fingerprint density at radius 1 is 1.29 bits per heavy atom. The van der Waals surface area contributed by atoms with Crippen molar-refractivity contribution >= 4 is 11.7 Å². The van der Waals surface area contributed by atoms with E-state index in [0.717, 1.165) is 11.3 Å². The second-order valence-electron chi connectivity index (χ2n) is 5.70. The number of carbonyl (C=O) groups is 1. The van der Waals surface area contributed by atoms with Gasteiger partial charge in [-0.3, -0.25) is 4.79 Å². The number of rotatable bonds is 5. The molecule has 2 aromatic rings. The van der Waals surface area contributed by atoms with Gasteiger partial charge in [-0.2, -0.15) is 0 Å². The molecule has 1 aliphatic rings. The number of anilines is 1. The van der Waals surface area contributed by atoms with Crippen molar-refractivity contribution in [3.05, 3.63) is 59.9 Å². The van der Waals surface area contributed by atoms with E-state index in [9.17, 15) is 9.18 Å². The summed E-state index contributed by atoms with van der Waals surface area (Å²) in [7, 11) is 0. The van der Waals surface area contributed by atoms with Crippen molar-refractivity contribution in [3.63, 3.8) is 0 Å². The van der Waals surface area contributed by atoms with Crippen LogP contribution in [0.3, 0.4) is 0 Å². The van der Waals surface area contributed by atoms with Crippen molar-refractivity contribution in [2.75, 3.05) is 18.1 Å². The molecule has 0 saturated carbocycles. The molecule has 0 spiro atoms. The van der Waals surface area contributed by atoms with Crippen LogP contribution in [0.25, 0.3) is 0 Å². The second kappa shape index (κ2) is 7.34. The minimum atomic E-state index is -0.336. The van der Waals surface area contributed by atoms with E-state index in [1.807, 2.05) is 30.3 Å². The van der Waals surface area contributed by atoms with Crippen molar-refractivity contribution in [1.82, 2.24) is 0 Å². The van der Waals surface area contributed by atoms with E-state index in [-0.39, 0.29) is 24.2 Å². The van der Waals surface area contributed by atoms with E-state index in [1.54, 1.807) is 13.0 Å². The molecular formula is C19H20FNO3. The van der Waals surface area contributed by atoms with Crippen LogP contribution in [0.1, 0.15) is 18.9 Å². The first-order valence-corrected chi connectivity index (χ1v) is 8.06. The lowest BCUT2D eigenvalue weighted by Crippen LogP contribution is -2.44. The summed E-state index contributed by atoms with van der Waals surface area (Å²) in [6.45, 7) is 3.08. The molecule has 0 amide bonds. The first-order chi connectivity index (χ1) is 11.7. The standard InChI is InChI=1S/C19H20FNO3/c1-2-23-19(22)11-16-13-24-18-10-15(20)8-9-17(18)21(16)12-14-6-4-3-5-7-14/h3-10,16H,2,11-13H2,1H3/t16-/m1/s1. The van der Waals surface area contributed by atoms with Gasteiger partial charge in [0.05, 0.1) is 24.8 Å². The average molecular weight is 329 g/mol. The van der Waals surface area contributed by atoms with E-state index in [4.69, 9.17) is 9.47 Å². The quantitative estimate of drug-likeness (QED) is 0.787. The molecule has 4 nitrogen and oxygen atoms in total. The molecule has 24 heavy (non-hydrogen) atoms. The Bertz CT molecular complexity index is 705. The van der Waals surface area contributed by atoms with Gasteiger partial charge in [-0.05, 0) is 24.6 Å². The van der Waals surface area contributed by atoms with E-state index < -0.39 is 0 Å². The Balaban J connectivity index is 1.88. The molecule has 0 radical (unpaired) electrons. The molecule has 126 valence electrons. The number of benzene rings is 2. The van der Waals surface area contributed by atoms with Crippen LogP contribution < -0.4 is 9.64 Å². The van der Waals surface area contributed by atoms with E-state index in [2.05, 4.69) is 4.90 Å². The number of ether oxygens (including phenoxy) is 2. The molecule has 3 rings (SSSR count). The zero-order valence-electron chi connectivity index (χ0n) is 13.6. The maximum atomic E-state index is 13.5.